The van der Waals surface area contributed by atoms with E-state index in [1.165, 1.54) is 28.6 Å². The second-order valence-corrected chi connectivity index (χ2v) is 12.1. The normalized spacial score (nSPS) is 19.1. The van der Waals surface area contributed by atoms with Gasteiger partial charge in [-0.1, -0.05) is 56.5 Å². The third kappa shape index (κ3) is 5.08. The Bertz CT molecular complexity index is 1310. The second kappa shape index (κ2) is 10.4. The molecule has 0 unspecified atom stereocenters. The first-order valence-electron chi connectivity index (χ1n) is 12.1. The van der Waals surface area contributed by atoms with Crippen molar-refractivity contribution in [2.75, 3.05) is 31.6 Å². The maximum atomic E-state index is 13.2. The second-order valence-electron chi connectivity index (χ2n) is 9.74. The molecule has 0 radical (unpaired) electrons. The van der Waals surface area contributed by atoms with E-state index >= 15 is 0 Å². The SMILES string of the molecule is CN1C(=CC(=O)COC(=O)c2ccc(Cl)c(S(=O)(=O)N3CCCCCC3)c2)C(C)(C)c2ccccc21. The minimum Gasteiger partial charge on any atom is -0.454 e. The number of fused-ring (bicyclic) bond motifs is 1. The van der Waals surface area contributed by atoms with Gasteiger partial charge < -0.3 is 9.64 Å². The van der Waals surface area contributed by atoms with E-state index in [1.807, 2.05) is 50.1 Å². The van der Waals surface area contributed by atoms with Gasteiger partial charge in [0.05, 0.1) is 10.6 Å². The van der Waals surface area contributed by atoms with Crippen molar-refractivity contribution < 1.29 is 22.7 Å². The molecule has 7 nitrogen and oxygen atoms in total. The number of rotatable bonds is 6. The Morgan fingerprint density at radius 2 is 1.72 bits per heavy atom. The summed E-state index contributed by atoms with van der Waals surface area (Å²) in [6, 6.07) is 12.0. The third-order valence-electron chi connectivity index (χ3n) is 6.93. The van der Waals surface area contributed by atoms with Crippen LogP contribution in [0.3, 0.4) is 0 Å². The quantitative estimate of drug-likeness (QED) is 0.388. The van der Waals surface area contributed by atoms with Gasteiger partial charge in [0, 0.05) is 43.0 Å². The van der Waals surface area contributed by atoms with Crippen LogP contribution in [0.2, 0.25) is 5.02 Å². The fraction of sp³-hybridized carbons (Fsp3) is 0.407. The van der Waals surface area contributed by atoms with Crippen molar-refractivity contribution in [1.29, 1.82) is 0 Å². The topological polar surface area (TPSA) is 84.0 Å². The van der Waals surface area contributed by atoms with Crippen LogP contribution >= 0.6 is 11.6 Å². The number of hydrogen-bond acceptors (Lipinski definition) is 6. The average molecular weight is 531 g/mol. The number of benzene rings is 2. The summed E-state index contributed by atoms with van der Waals surface area (Å²) >= 11 is 6.22. The summed E-state index contributed by atoms with van der Waals surface area (Å²) < 4.78 is 33.1. The zero-order chi connectivity index (χ0) is 26.1. The van der Waals surface area contributed by atoms with Gasteiger partial charge in [0.15, 0.2) is 12.4 Å². The molecule has 0 aromatic heterocycles. The molecule has 2 heterocycles. The van der Waals surface area contributed by atoms with E-state index in [4.69, 9.17) is 16.3 Å². The molecule has 4 rings (SSSR count). The van der Waals surface area contributed by atoms with Crippen LogP contribution in [0.4, 0.5) is 5.69 Å². The van der Waals surface area contributed by atoms with Crippen LogP contribution in [0, 0.1) is 0 Å². The van der Waals surface area contributed by atoms with Crippen LogP contribution < -0.4 is 4.90 Å². The Hall–Kier alpha value is -2.68. The first-order chi connectivity index (χ1) is 17.0. The van der Waals surface area contributed by atoms with Crippen LogP contribution in [-0.2, 0) is 25.0 Å². The number of nitrogens with zero attached hydrogens (tertiary/aromatic N) is 2. The van der Waals surface area contributed by atoms with Gasteiger partial charge in [-0.25, -0.2) is 13.2 Å². The van der Waals surface area contributed by atoms with Gasteiger partial charge >= 0.3 is 5.97 Å². The number of carbonyl (C=O) groups is 2. The van der Waals surface area contributed by atoms with Gasteiger partial charge in [-0.15, -0.1) is 0 Å². The fourth-order valence-electron chi connectivity index (χ4n) is 4.92. The molecular formula is C27H31ClN2O5S. The lowest BCUT2D eigenvalue weighted by molar-refractivity contribution is -0.117. The molecular weight excluding hydrogens is 500 g/mol. The molecule has 1 fully saturated rings. The van der Waals surface area contributed by atoms with Crippen LogP contribution in [0.1, 0.15) is 55.5 Å². The molecule has 192 valence electrons. The van der Waals surface area contributed by atoms with E-state index in [-0.39, 0.29) is 26.7 Å². The fourth-order valence-corrected chi connectivity index (χ4v) is 6.94. The predicted molar refractivity (Wildman–Crippen MR) is 140 cm³/mol. The molecule has 0 bridgehead atoms. The van der Waals surface area contributed by atoms with Gasteiger partial charge in [-0.3, -0.25) is 4.79 Å². The Morgan fingerprint density at radius 3 is 2.39 bits per heavy atom. The summed E-state index contributed by atoms with van der Waals surface area (Å²) in [7, 11) is -1.95. The predicted octanol–water partition coefficient (Wildman–Crippen LogP) is 4.94. The van der Waals surface area contributed by atoms with Gasteiger partial charge in [0.2, 0.25) is 10.0 Å². The van der Waals surface area contributed by atoms with Crippen LogP contribution in [-0.4, -0.2) is 51.2 Å². The summed E-state index contributed by atoms with van der Waals surface area (Å²) in [5.74, 6) is -1.15. The maximum absolute atomic E-state index is 13.2. The summed E-state index contributed by atoms with van der Waals surface area (Å²) in [6.07, 6.45) is 5.04. The van der Waals surface area contributed by atoms with E-state index in [0.29, 0.717) is 13.1 Å². The van der Waals surface area contributed by atoms with Crippen LogP contribution in [0.5, 0.6) is 0 Å². The number of halogens is 1. The molecule has 36 heavy (non-hydrogen) atoms. The highest BCUT2D eigenvalue weighted by atomic mass is 35.5. The van der Waals surface area contributed by atoms with Crippen molar-refractivity contribution in [3.63, 3.8) is 0 Å². The van der Waals surface area contributed by atoms with E-state index < -0.39 is 22.6 Å². The number of hydrogen-bond donors (Lipinski definition) is 0. The van der Waals surface area contributed by atoms with Gasteiger partial charge in [-0.2, -0.15) is 4.31 Å². The summed E-state index contributed by atoms with van der Waals surface area (Å²) in [5.41, 5.74) is 2.60. The number of anilines is 1. The lowest BCUT2D eigenvalue weighted by Gasteiger charge is -2.23. The van der Waals surface area contributed by atoms with E-state index in [0.717, 1.165) is 42.6 Å². The number of allylic oxidation sites excluding steroid dienone is 1. The standard InChI is InChI=1S/C27H31ClN2O5S/c1-27(2)21-10-6-7-11-23(21)29(3)25(27)17-20(31)18-35-26(32)19-12-13-22(28)24(16-19)36(33,34)30-14-8-4-5-9-15-30/h6-7,10-13,16-17H,4-5,8-9,14-15,18H2,1-3H3. The van der Waals surface area contributed by atoms with Crippen molar-refractivity contribution in [1.82, 2.24) is 4.31 Å². The summed E-state index contributed by atoms with van der Waals surface area (Å²) in [5, 5.41) is 0.0441. The van der Waals surface area contributed by atoms with Gasteiger partial charge in [0.25, 0.3) is 0 Å². The first kappa shape index (κ1) is 26.4. The monoisotopic (exact) mass is 530 g/mol. The number of carbonyl (C=O) groups excluding carboxylic acids is 2. The zero-order valence-electron chi connectivity index (χ0n) is 20.8. The highest BCUT2D eigenvalue weighted by molar-refractivity contribution is 7.89. The summed E-state index contributed by atoms with van der Waals surface area (Å²) in [6.45, 7) is 4.47. The van der Waals surface area contributed by atoms with Crippen LogP contribution in [0.15, 0.2) is 59.1 Å². The minimum absolute atomic E-state index is 0.0268. The third-order valence-corrected chi connectivity index (χ3v) is 9.31. The minimum atomic E-state index is -3.85. The molecule has 9 heteroatoms. The van der Waals surface area contributed by atoms with Crippen molar-refractivity contribution >= 4 is 39.1 Å². The largest absolute Gasteiger partial charge is 0.454 e. The number of likely N-dealkylation sites (N-methyl/N-ethyl adjacent to an activating group) is 1. The molecule has 2 aliphatic rings. The molecule has 0 N–H and O–H groups in total. The maximum Gasteiger partial charge on any atom is 0.338 e. The Morgan fingerprint density at radius 1 is 1.06 bits per heavy atom. The van der Waals surface area contributed by atoms with E-state index in [2.05, 4.69) is 0 Å². The van der Waals surface area contributed by atoms with Crippen molar-refractivity contribution in [2.24, 2.45) is 0 Å². The number of esters is 1. The number of para-hydroxylation sites is 1. The number of ketones is 1. The van der Waals surface area contributed by atoms with Gasteiger partial charge in [0.1, 0.15) is 4.90 Å². The highest BCUT2D eigenvalue weighted by Crippen LogP contribution is 2.46. The molecule has 0 amide bonds. The molecule has 0 atom stereocenters. The molecule has 0 saturated carbocycles. The number of sulfonamides is 1. The lowest BCUT2D eigenvalue weighted by Crippen LogP contribution is -2.32. The van der Waals surface area contributed by atoms with Crippen molar-refractivity contribution in [2.45, 2.75) is 49.8 Å². The Kier molecular flexibility index (Phi) is 7.59. The highest BCUT2D eigenvalue weighted by Gasteiger charge is 2.38. The molecule has 2 aliphatic heterocycles. The van der Waals surface area contributed by atoms with Crippen LogP contribution in [0.25, 0.3) is 0 Å². The zero-order valence-corrected chi connectivity index (χ0v) is 22.4. The molecule has 2 aromatic rings. The molecule has 0 spiro atoms. The van der Waals surface area contributed by atoms with Crippen molar-refractivity contribution in [3.05, 3.63) is 70.4 Å². The molecule has 2 aromatic carbocycles. The summed E-state index contributed by atoms with van der Waals surface area (Å²) in [4.78, 5) is 27.3. The smallest absolute Gasteiger partial charge is 0.338 e. The Labute approximate surface area is 217 Å². The Balaban J connectivity index is 1.48. The van der Waals surface area contributed by atoms with Crippen molar-refractivity contribution in [3.8, 4) is 0 Å². The molecule has 1 saturated heterocycles. The van der Waals surface area contributed by atoms with E-state index in [1.54, 1.807) is 0 Å². The lowest BCUT2D eigenvalue weighted by atomic mass is 9.83. The number of ether oxygens (including phenoxy) is 1. The first-order valence-corrected chi connectivity index (χ1v) is 13.9. The van der Waals surface area contributed by atoms with E-state index in [9.17, 15) is 18.0 Å². The molecule has 0 aliphatic carbocycles. The van der Waals surface area contributed by atoms with Gasteiger partial charge in [-0.05, 0) is 42.7 Å². The average Bonchev–Trinajstić information content (AvgIpc) is 3.06.